The van der Waals surface area contributed by atoms with Gasteiger partial charge in [-0.25, -0.2) is 0 Å². The number of rotatable bonds is 9. The molecule has 1 aliphatic heterocycles. The van der Waals surface area contributed by atoms with Crippen LogP contribution in [0.4, 0.5) is 0 Å². The Morgan fingerprint density at radius 1 is 1.17 bits per heavy atom. The lowest BCUT2D eigenvalue weighted by molar-refractivity contribution is -0.157. The van der Waals surface area contributed by atoms with Gasteiger partial charge in [-0.1, -0.05) is 12.1 Å². The van der Waals surface area contributed by atoms with Gasteiger partial charge in [-0.15, -0.1) is 0 Å². The largest absolute Gasteiger partial charge is 0.507 e. The van der Waals surface area contributed by atoms with Gasteiger partial charge in [0.05, 0.1) is 23.2 Å². The maximum Gasteiger partial charge on any atom is 0.233 e. The van der Waals surface area contributed by atoms with Crippen LogP contribution in [0.5, 0.6) is 5.75 Å². The van der Waals surface area contributed by atoms with Crippen molar-refractivity contribution in [2.75, 3.05) is 33.7 Å². The number of benzene rings is 2. The molecule has 6 N–H and O–H groups in total. The molecule has 1 amide bonds. The molecule has 5 aliphatic rings. The summed E-state index contributed by atoms with van der Waals surface area (Å²) in [5.41, 5.74) is 5.12. The van der Waals surface area contributed by atoms with Gasteiger partial charge in [-0.05, 0) is 113 Å². The van der Waals surface area contributed by atoms with Gasteiger partial charge in [0.25, 0.3) is 0 Å². The van der Waals surface area contributed by atoms with Crippen LogP contribution in [-0.2, 0) is 33.8 Å². The van der Waals surface area contributed by atoms with Gasteiger partial charge < -0.3 is 26.7 Å². The van der Waals surface area contributed by atoms with Crippen molar-refractivity contribution in [2.45, 2.75) is 69.2 Å². The summed E-state index contributed by atoms with van der Waals surface area (Å²) in [5.74, 6) is -8.00. The first-order chi connectivity index (χ1) is 21.9. The second-order valence-electron chi connectivity index (χ2n) is 14.4. The molecule has 2 aromatic carbocycles. The molecule has 0 radical (unpaired) electrons. The van der Waals surface area contributed by atoms with Crippen molar-refractivity contribution in [3.8, 4) is 5.75 Å². The predicted molar refractivity (Wildman–Crippen MR) is 171 cm³/mol. The van der Waals surface area contributed by atoms with Gasteiger partial charge in [-0.3, -0.25) is 29.0 Å². The van der Waals surface area contributed by atoms with Crippen molar-refractivity contribution in [3.05, 3.63) is 40.5 Å². The Kier molecular flexibility index (Phi) is 7.66. The summed E-state index contributed by atoms with van der Waals surface area (Å²) in [4.78, 5) is 58.6. The first kappa shape index (κ1) is 31.1. The number of fused-ring (bicyclic) bond motifs is 4. The highest BCUT2D eigenvalue weighted by atomic mass is 16.3. The number of hydrogen-bond donors (Lipinski definition) is 5. The fourth-order valence-corrected chi connectivity index (χ4v) is 8.71. The van der Waals surface area contributed by atoms with Crippen LogP contribution in [-0.4, -0.2) is 100 Å². The Morgan fingerprint density at radius 3 is 2.54 bits per heavy atom. The molecular weight excluding hydrogens is 586 g/mol. The second kappa shape index (κ2) is 11.3. The number of nitrogens with two attached hydrogens (primary N) is 1. The van der Waals surface area contributed by atoms with Gasteiger partial charge in [0, 0.05) is 23.9 Å². The zero-order chi connectivity index (χ0) is 32.7. The molecule has 0 spiro atoms. The lowest BCUT2D eigenvalue weighted by Gasteiger charge is -2.53. The fraction of sp³-hybridized carbons (Fsp3) is 0.571. The van der Waals surface area contributed by atoms with E-state index in [2.05, 4.69) is 16.3 Å². The molecule has 7 rings (SSSR count). The molecule has 4 fully saturated rings. The molecule has 0 aromatic heterocycles. The summed E-state index contributed by atoms with van der Waals surface area (Å²) >= 11 is 0. The average Bonchev–Trinajstić information content (AvgIpc) is 3.80. The number of likely N-dealkylation sites (N-methyl/N-ethyl adjacent to an activating group) is 1. The van der Waals surface area contributed by atoms with Crippen LogP contribution in [0.1, 0.15) is 59.2 Å². The highest BCUT2D eigenvalue weighted by molar-refractivity contribution is 6.33. The quantitative estimate of drug-likeness (QED) is 0.202. The first-order valence-electron chi connectivity index (χ1n) is 16.6. The maximum atomic E-state index is 14.5. The molecule has 2 aromatic rings. The van der Waals surface area contributed by atoms with Crippen LogP contribution < -0.4 is 11.1 Å². The van der Waals surface area contributed by atoms with Crippen molar-refractivity contribution in [1.82, 2.24) is 15.1 Å². The Bertz CT molecular complexity index is 1680. The lowest BCUT2D eigenvalue weighted by Crippen LogP contribution is -2.73. The third-order valence-corrected chi connectivity index (χ3v) is 11.3. The van der Waals surface area contributed by atoms with Crippen molar-refractivity contribution in [2.24, 2.45) is 29.4 Å². The molecule has 11 nitrogen and oxygen atoms in total. The molecule has 0 bridgehead atoms. The second-order valence-corrected chi connectivity index (χ2v) is 14.4. The number of amides is 1. The lowest BCUT2D eigenvalue weighted by atomic mass is 9.52. The minimum absolute atomic E-state index is 0.115. The number of nitrogens with zero attached hydrogens (tertiary/aromatic N) is 2. The van der Waals surface area contributed by atoms with Gasteiger partial charge in [0.2, 0.25) is 5.91 Å². The van der Waals surface area contributed by atoms with E-state index < -0.39 is 64.3 Å². The fourth-order valence-electron chi connectivity index (χ4n) is 8.71. The summed E-state index contributed by atoms with van der Waals surface area (Å²) in [6.07, 6.45) is 5.48. The summed E-state index contributed by atoms with van der Waals surface area (Å²) in [6.45, 7) is 3.62. The number of nitrogens with one attached hydrogen (secondary N) is 2. The highest BCUT2D eigenvalue weighted by Crippen LogP contribution is 2.52. The number of carbonyl (C=O) groups excluding carboxylic acids is 4. The van der Waals surface area contributed by atoms with E-state index >= 15 is 0 Å². The monoisotopic (exact) mass is 629 g/mol. The van der Waals surface area contributed by atoms with E-state index in [1.165, 1.54) is 12.8 Å². The number of Topliss-reactive ketones (excluding diaryl/α,β-unsaturated/α-hetero) is 3. The van der Waals surface area contributed by atoms with Gasteiger partial charge >= 0.3 is 0 Å². The normalized spacial score (nSPS) is 31.1. The van der Waals surface area contributed by atoms with E-state index in [-0.39, 0.29) is 17.7 Å². The Balaban J connectivity index is 1.33. The van der Waals surface area contributed by atoms with Crippen LogP contribution in [0.2, 0.25) is 0 Å². The van der Waals surface area contributed by atoms with E-state index in [9.17, 15) is 29.4 Å². The maximum absolute atomic E-state index is 14.5. The zero-order valence-corrected chi connectivity index (χ0v) is 26.5. The number of likely N-dealkylation sites (tertiary alicyclic amines) is 1. The van der Waals surface area contributed by atoms with E-state index in [1.54, 1.807) is 19.0 Å². The number of ketones is 3. The molecule has 6 unspecified atom stereocenters. The Morgan fingerprint density at radius 2 is 1.91 bits per heavy atom. The van der Waals surface area contributed by atoms with Crippen LogP contribution in [0.25, 0.3) is 10.8 Å². The van der Waals surface area contributed by atoms with E-state index in [0.29, 0.717) is 24.3 Å². The molecule has 11 heteroatoms. The summed E-state index contributed by atoms with van der Waals surface area (Å²) < 4.78 is 0. The highest BCUT2D eigenvalue weighted by Gasteiger charge is 2.67. The molecule has 4 aliphatic carbocycles. The number of aryl methyl sites for hydroxylation is 1. The summed E-state index contributed by atoms with van der Waals surface area (Å²) in [6, 6.07) is 5.61. The zero-order valence-electron chi connectivity index (χ0n) is 26.5. The third kappa shape index (κ3) is 4.73. The van der Waals surface area contributed by atoms with Gasteiger partial charge in [0.15, 0.2) is 23.0 Å². The van der Waals surface area contributed by atoms with E-state index in [0.717, 1.165) is 61.1 Å². The minimum Gasteiger partial charge on any atom is -0.507 e. The molecule has 3 saturated carbocycles. The molecule has 1 saturated heterocycles. The number of primary amides is 1. The molecular formula is C35H43N5O6. The topological polar surface area (TPSA) is 177 Å². The Labute approximate surface area is 268 Å². The number of aromatic hydroxyl groups is 1. The average molecular weight is 630 g/mol. The number of aliphatic hydroxyl groups is 1. The minimum atomic E-state index is -2.51. The molecule has 244 valence electrons. The summed E-state index contributed by atoms with van der Waals surface area (Å²) in [7, 11) is 3.25. The smallest absolute Gasteiger partial charge is 0.233 e. The molecule has 6 atom stereocenters. The predicted octanol–water partition coefficient (Wildman–Crippen LogP) is 1.36. The van der Waals surface area contributed by atoms with E-state index in [4.69, 9.17) is 11.1 Å². The van der Waals surface area contributed by atoms with Gasteiger partial charge in [-0.2, -0.15) is 0 Å². The van der Waals surface area contributed by atoms with Crippen LogP contribution in [0.15, 0.2) is 18.2 Å². The van der Waals surface area contributed by atoms with Crippen molar-refractivity contribution >= 4 is 39.7 Å². The first-order valence-corrected chi connectivity index (χ1v) is 16.6. The number of hydrogen-bond acceptors (Lipinski definition) is 10. The Hall–Kier alpha value is -3.51. The number of phenolic OH excluding ortho intramolecular Hbond substituents is 1. The third-order valence-electron chi connectivity index (χ3n) is 11.3. The molecule has 46 heavy (non-hydrogen) atoms. The standard InChI is InChI=1S/C35H43N5O6/c1-39(2)28-24-15-18-14-22-20(5-3-10-38-19-7-8-19)21-9-6-17(16-40-11-4-12-40)13-23(21)29(41)26(22)30(42)25(18)33(44)35(24,46)32(36)27(31(28)43)34(37)45/h6,9,13,18-19,24-25,27-28,36,38,41,46H,3-5,7-8,10-12,14-16H2,1-2H3,(H2,37,45). The van der Waals surface area contributed by atoms with Crippen LogP contribution in [0.3, 0.4) is 0 Å². The number of phenols is 1. The van der Waals surface area contributed by atoms with Crippen LogP contribution >= 0.6 is 0 Å². The van der Waals surface area contributed by atoms with Crippen molar-refractivity contribution in [3.63, 3.8) is 0 Å². The van der Waals surface area contributed by atoms with Crippen LogP contribution in [0, 0.1) is 29.1 Å². The van der Waals surface area contributed by atoms with Gasteiger partial charge in [0.1, 0.15) is 11.7 Å². The van der Waals surface area contributed by atoms with Crippen molar-refractivity contribution in [1.29, 1.82) is 5.41 Å². The van der Waals surface area contributed by atoms with Crippen molar-refractivity contribution < 1.29 is 29.4 Å². The SMILES string of the molecule is CN(C)C1C(=O)C(C(N)=O)C(=N)C2(O)C(=O)C3C(=O)c4c(c(CCCNC5CC5)c5ccc(CN6CCC6)cc5c4O)CC3CC12. The number of carbonyl (C=O) groups is 4. The summed E-state index contributed by atoms with van der Waals surface area (Å²) in [5, 5.41) is 37.6. The molecule has 1 heterocycles. The van der Waals surface area contributed by atoms with E-state index in [1.807, 2.05) is 12.1 Å².